The zero-order valence-corrected chi connectivity index (χ0v) is 12.2. The van der Waals surface area contributed by atoms with E-state index in [4.69, 9.17) is 21.1 Å². The topological polar surface area (TPSA) is 40.5 Å². The molecule has 96 valence electrons. The monoisotopic (exact) mass is 331 g/mol. The Morgan fingerprint density at radius 3 is 2.89 bits per heavy atom. The zero-order chi connectivity index (χ0) is 13.3. The highest BCUT2D eigenvalue weighted by atomic mass is 79.9. The lowest BCUT2D eigenvalue weighted by Gasteiger charge is -2.05. The van der Waals surface area contributed by atoms with E-state index in [-0.39, 0.29) is 6.61 Å². The number of rotatable bonds is 2. The second kappa shape index (κ2) is 5.20. The molecule has 0 radical (unpaired) electrons. The highest BCUT2D eigenvalue weighted by Gasteiger charge is 2.18. The molecule has 4 nitrogen and oxygen atoms in total. The molecule has 0 saturated heterocycles. The number of carbonyl (C=O) groups excluding carboxylic acids is 1. The van der Waals surface area contributed by atoms with Crippen LogP contribution in [0.4, 0.5) is 4.79 Å². The standard InChI is InChI=1S/C12H11BrClNO3/c1-3-17-12(16)18-11-10(13)8-6-7(14)4-5-9(8)15(11)2/h4-6H,3H2,1-2H3. The number of aromatic nitrogens is 1. The largest absolute Gasteiger partial charge is 0.515 e. The lowest BCUT2D eigenvalue weighted by molar-refractivity contribution is 0.101. The van der Waals surface area contributed by atoms with E-state index in [9.17, 15) is 4.79 Å². The van der Waals surface area contributed by atoms with Gasteiger partial charge in [-0.25, -0.2) is 4.79 Å². The highest BCUT2D eigenvalue weighted by molar-refractivity contribution is 9.10. The van der Waals surface area contributed by atoms with Gasteiger partial charge in [0.2, 0.25) is 5.88 Å². The third-order valence-electron chi connectivity index (χ3n) is 2.49. The van der Waals surface area contributed by atoms with Crippen molar-refractivity contribution in [2.24, 2.45) is 7.05 Å². The van der Waals surface area contributed by atoms with E-state index in [1.54, 1.807) is 30.7 Å². The first-order chi connectivity index (χ1) is 8.54. The average molecular weight is 333 g/mol. The maximum absolute atomic E-state index is 11.4. The second-order valence-electron chi connectivity index (χ2n) is 3.62. The van der Waals surface area contributed by atoms with Gasteiger partial charge in [0.05, 0.1) is 16.6 Å². The minimum atomic E-state index is -0.727. The van der Waals surface area contributed by atoms with E-state index < -0.39 is 6.16 Å². The maximum Gasteiger partial charge on any atom is 0.515 e. The van der Waals surface area contributed by atoms with Crippen LogP contribution < -0.4 is 4.74 Å². The number of hydrogen-bond donors (Lipinski definition) is 0. The van der Waals surface area contributed by atoms with Gasteiger partial charge < -0.3 is 14.0 Å². The van der Waals surface area contributed by atoms with Crippen LogP contribution in [-0.2, 0) is 11.8 Å². The van der Waals surface area contributed by atoms with Crippen molar-refractivity contribution >= 4 is 44.6 Å². The zero-order valence-electron chi connectivity index (χ0n) is 9.87. The Kier molecular flexibility index (Phi) is 3.82. The summed E-state index contributed by atoms with van der Waals surface area (Å²) in [7, 11) is 1.80. The van der Waals surface area contributed by atoms with Crippen molar-refractivity contribution in [3.63, 3.8) is 0 Å². The van der Waals surface area contributed by atoms with Crippen LogP contribution in [-0.4, -0.2) is 17.3 Å². The molecule has 2 rings (SSSR count). The number of hydrogen-bond acceptors (Lipinski definition) is 3. The summed E-state index contributed by atoms with van der Waals surface area (Å²) >= 11 is 9.35. The van der Waals surface area contributed by atoms with Gasteiger partial charge in [-0.15, -0.1) is 0 Å². The van der Waals surface area contributed by atoms with Crippen molar-refractivity contribution < 1.29 is 14.3 Å². The first kappa shape index (κ1) is 13.2. The van der Waals surface area contributed by atoms with Crippen molar-refractivity contribution in [2.45, 2.75) is 6.92 Å². The van der Waals surface area contributed by atoms with Crippen molar-refractivity contribution in [1.82, 2.24) is 4.57 Å². The maximum atomic E-state index is 11.4. The number of carbonyl (C=O) groups is 1. The fourth-order valence-electron chi connectivity index (χ4n) is 1.69. The lowest BCUT2D eigenvalue weighted by atomic mass is 10.2. The number of aryl methyl sites for hydroxylation is 1. The summed E-state index contributed by atoms with van der Waals surface area (Å²) in [5.41, 5.74) is 0.908. The van der Waals surface area contributed by atoms with Crippen molar-refractivity contribution in [3.05, 3.63) is 27.7 Å². The Bertz CT molecular complexity index is 609. The fraction of sp³-hybridized carbons (Fsp3) is 0.250. The van der Waals surface area contributed by atoms with Crippen LogP contribution in [0.3, 0.4) is 0 Å². The Balaban J connectivity index is 2.48. The number of benzene rings is 1. The van der Waals surface area contributed by atoms with Gasteiger partial charge in [0, 0.05) is 17.5 Å². The van der Waals surface area contributed by atoms with Crippen LogP contribution in [0.25, 0.3) is 10.9 Å². The van der Waals surface area contributed by atoms with Crippen LogP contribution in [0, 0.1) is 0 Å². The van der Waals surface area contributed by atoms with Gasteiger partial charge in [0.15, 0.2) is 0 Å². The van der Waals surface area contributed by atoms with Gasteiger partial charge in [-0.05, 0) is 41.1 Å². The summed E-state index contributed by atoms with van der Waals surface area (Å²) in [5, 5.41) is 1.50. The van der Waals surface area contributed by atoms with Gasteiger partial charge in [0.1, 0.15) is 0 Å². The summed E-state index contributed by atoms with van der Waals surface area (Å²) in [6, 6.07) is 5.45. The summed E-state index contributed by atoms with van der Waals surface area (Å²) in [4.78, 5) is 11.4. The number of nitrogens with zero attached hydrogens (tertiary/aromatic N) is 1. The lowest BCUT2D eigenvalue weighted by Crippen LogP contribution is -2.12. The molecule has 18 heavy (non-hydrogen) atoms. The molecule has 0 bridgehead atoms. The molecule has 2 aromatic rings. The first-order valence-electron chi connectivity index (χ1n) is 5.32. The molecule has 6 heteroatoms. The molecule has 0 spiro atoms. The van der Waals surface area contributed by atoms with Crippen LogP contribution in [0.2, 0.25) is 5.02 Å². The quantitative estimate of drug-likeness (QED) is 0.776. The molecule has 0 N–H and O–H groups in total. The average Bonchev–Trinajstić information content (AvgIpc) is 2.55. The number of halogens is 2. The molecule has 0 aliphatic carbocycles. The van der Waals surface area contributed by atoms with E-state index >= 15 is 0 Å². The predicted octanol–water partition coefficient (Wildman–Crippen LogP) is 4.13. The van der Waals surface area contributed by atoms with Crippen LogP contribution in [0.1, 0.15) is 6.92 Å². The molecule has 0 amide bonds. The van der Waals surface area contributed by atoms with E-state index in [0.29, 0.717) is 15.4 Å². The van der Waals surface area contributed by atoms with Gasteiger partial charge in [-0.1, -0.05) is 11.6 Å². The minimum Gasteiger partial charge on any atom is -0.434 e. The normalized spacial score (nSPS) is 10.7. The molecule has 1 aromatic heterocycles. The van der Waals surface area contributed by atoms with E-state index in [2.05, 4.69) is 15.9 Å². The Hall–Kier alpha value is -1.20. The van der Waals surface area contributed by atoms with Crippen molar-refractivity contribution in [3.8, 4) is 5.88 Å². The van der Waals surface area contributed by atoms with E-state index in [1.165, 1.54) is 0 Å². The molecule has 0 unspecified atom stereocenters. The van der Waals surface area contributed by atoms with E-state index in [0.717, 1.165) is 10.9 Å². The van der Waals surface area contributed by atoms with Crippen LogP contribution >= 0.6 is 27.5 Å². The molecular weight excluding hydrogens is 321 g/mol. The Labute approximate surface area is 118 Å². The number of fused-ring (bicyclic) bond motifs is 1. The van der Waals surface area contributed by atoms with Gasteiger partial charge in [0.25, 0.3) is 0 Å². The minimum absolute atomic E-state index is 0.270. The third-order valence-corrected chi connectivity index (χ3v) is 3.49. The Morgan fingerprint density at radius 2 is 2.22 bits per heavy atom. The SMILES string of the molecule is CCOC(=O)Oc1c(Br)c2cc(Cl)ccc2n1C. The number of ether oxygens (including phenoxy) is 2. The highest BCUT2D eigenvalue weighted by Crippen LogP contribution is 2.37. The molecule has 1 heterocycles. The van der Waals surface area contributed by atoms with Crippen molar-refractivity contribution in [1.29, 1.82) is 0 Å². The molecule has 1 aromatic carbocycles. The Morgan fingerprint density at radius 1 is 1.50 bits per heavy atom. The van der Waals surface area contributed by atoms with Crippen molar-refractivity contribution in [2.75, 3.05) is 6.61 Å². The molecular formula is C12H11BrClNO3. The molecule has 0 atom stereocenters. The van der Waals surface area contributed by atoms with Gasteiger partial charge >= 0.3 is 6.16 Å². The van der Waals surface area contributed by atoms with Crippen LogP contribution in [0.15, 0.2) is 22.7 Å². The fourth-order valence-corrected chi connectivity index (χ4v) is 2.52. The second-order valence-corrected chi connectivity index (χ2v) is 4.85. The molecule has 0 aliphatic heterocycles. The molecule has 0 fully saturated rings. The van der Waals surface area contributed by atoms with E-state index in [1.807, 2.05) is 6.07 Å². The smallest absolute Gasteiger partial charge is 0.434 e. The predicted molar refractivity (Wildman–Crippen MR) is 73.3 cm³/mol. The summed E-state index contributed by atoms with van der Waals surface area (Å²) in [6.07, 6.45) is -0.727. The van der Waals surface area contributed by atoms with Gasteiger partial charge in [-0.2, -0.15) is 0 Å². The summed E-state index contributed by atoms with van der Waals surface area (Å²) < 4.78 is 12.3. The van der Waals surface area contributed by atoms with Crippen LogP contribution in [0.5, 0.6) is 5.88 Å². The summed E-state index contributed by atoms with van der Waals surface area (Å²) in [5.74, 6) is 0.394. The van der Waals surface area contributed by atoms with Gasteiger partial charge in [-0.3, -0.25) is 0 Å². The molecule has 0 aliphatic rings. The molecule has 0 saturated carbocycles. The first-order valence-corrected chi connectivity index (χ1v) is 6.49. The summed E-state index contributed by atoms with van der Waals surface area (Å²) in [6.45, 7) is 1.99. The third kappa shape index (κ3) is 2.33.